The highest BCUT2D eigenvalue weighted by Crippen LogP contribution is 2.48. The Bertz CT molecular complexity index is 3560. The number of anilines is 9. The summed E-state index contributed by atoms with van der Waals surface area (Å²) in [5.74, 6) is 1.51. The van der Waals surface area contributed by atoms with Crippen molar-refractivity contribution in [2.45, 2.75) is 0 Å². The first-order valence-corrected chi connectivity index (χ1v) is 22.0. The van der Waals surface area contributed by atoms with E-state index in [1.54, 1.807) is 0 Å². The topological polar surface area (TPSA) is 36.0 Å². The third-order valence-electron chi connectivity index (χ3n) is 12.8. The van der Waals surface area contributed by atoms with Crippen LogP contribution in [0.15, 0.2) is 245 Å². The fraction of sp³-hybridized carbons (Fsp3) is 0. The lowest BCUT2D eigenvalue weighted by atomic mass is 9.89. The van der Waals surface area contributed by atoms with Crippen molar-refractivity contribution < 1.29 is 8.83 Å². The van der Waals surface area contributed by atoms with Gasteiger partial charge in [0.1, 0.15) is 11.2 Å². The van der Waals surface area contributed by atoms with Crippen LogP contribution in [0.2, 0.25) is 0 Å². The van der Waals surface area contributed by atoms with Crippen molar-refractivity contribution in [3.05, 3.63) is 237 Å². The number of benzene rings is 11. The van der Waals surface area contributed by atoms with Crippen LogP contribution < -0.4 is 14.7 Å². The zero-order valence-electron chi connectivity index (χ0n) is 35.2. The largest absolute Gasteiger partial charge is 0.440 e. The van der Waals surface area contributed by atoms with Gasteiger partial charge in [0.05, 0.1) is 5.69 Å². The number of nitrogens with zero attached hydrogens (tertiary/aromatic N) is 3. The number of hydrogen-bond donors (Lipinski definition) is 0. The second kappa shape index (κ2) is 14.9. The fourth-order valence-electron chi connectivity index (χ4n) is 9.87. The quantitative estimate of drug-likeness (QED) is 0.107. The van der Waals surface area contributed by atoms with Gasteiger partial charge in [-0.25, -0.2) is 0 Å². The lowest BCUT2D eigenvalue weighted by Gasteiger charge is -2.29. The normalized spacial score (nSPS) is 11.7. The highest BCUT2D eigenvalue weighted by atomic mass is 16.4. The molecule has 0 atom stereocenters. The Labute approximate surface area is 375 Å². The molecule has 306 valence electrons. The van der Waals surface area contributed by atoms with Crippen molar-refractivity contribution >= 4 is 117 Å². The zero-order chi connectivity index (χ0) is 42.8. The minimum atomic E-state index is 0.754. The summed E-state index contributed by atoms with van der Waals surface area (Å²) < 4.78 is 13.0. The summed E-state index contributed by atoms with van der Waals surface area (Å²) in [4.78, 5) is 6.75. The number of fused-ring (bicyclic) bond motifs is 4. The average Bonchev–Trinajstić information content (AvgIpc) is 4.00. The van der Waals surface area contributed by atoms with Gasteiger partial charge in [0.2, 0.25) is 11.8 Å². The molecule has 2 heterocycles. The third kappa shape index (κ3) is 6.09. The maximum Gasteiger partial charge on any atom is 0.205 e. The van der Waals surface area contributed by atoms with Crippen molar-refractivity contribution in [3.8, 4) is 0 Å². The number of hydrogen-bond acceptors (Lipinski definition) is 5. The van der Waals surface area contributed by atoms with Gasteiger partial charge in [-0.05, 0) is 129 Å². The molecule has 0 N–H and O–H groups in total. The van der Waals surface area contributed by atoms with Crippen molar-refractivity contribution in [1.82, 2.24) is 0 Å². The number of rotatable bonds is 9. The fourth-order valence-corrected chi connectivity index (χ4v) is 9.87. The molecule has 11 aromatic carbocycles. The minimum Gasteiger partial charge on any atom is -0.440 e. The van der Waals surface area contributed by atoms with Crippen molar-refractivity contribution in [3.63, 3.8) is 0 Å². The monoisotopic (exact) mass is 833 g/mol. The first kappa shape index (κ1) is 36.8. The molecule has 65 heavy (non-hydrogen) atoms. The molecule has 0 radical (unpaired) electrons. The molecule has 0 spiro atoms. The molecule has 0 aliphatic heterocycles. The van der Waals surface area contributed by atoms with E-state index in [-0.39, 0.29) is 0 Å². The van der Waals surface area contributed by atoms with Gasteiger partial charge in [-0.15, -0.1) is 0 Å². The molecule has 0 unspecified atom stereocenters. The Balaban J connectivity index is 0.990. The van der Waals surface area contributed by atoms with Gasteiger partial charge in [-0.3, -0.25) is 9.80 Å². The van der Waals surface area contributed by atoms with Gasteiger partial charge in [-0.2, -0.15) is 0 Å². The second-order valence-electron chi connectivity index (χ2n) is 16.5. The van der Waals surface area contributed by atoms with E-state index in [0.717, 1.165) is 73.5 Å². The molecule has 2 aromatic heterocycles. The first-order chi connectivity index (χ1) is 32.2. The Kier molecular flexibility index (Phi) is 8.46. The Morgan fingerprint density at radius 1 is 0.246 bits per heavy atom. The minimum absolute atomic E-state index is 0.754. The summed E-state index contributed by atoms with van der Waals surface area (Å²) >= 11 is 0. The number of para-hydroxylation sites is 4. The molecule has 0 saturated heterocycles. The van der Waals surface area contributed by atoms with Crippen LogP contribution in [0.5, 0.6) is 0 Å². The van der Waals surface area contributed by atoms with E-state index in [1.165, 1.54) is 43.1 Å². The molecule has 0 fully saturated rings. The predicted molar refractivity (Wildman–Crippen MR) is 271 cm³/mol. The van der Waals surface area contributed by atoms with Gasteiger partial charge in [0.15, 0.2) is 0 Å². The van der Waals surface area contributed by atoms with E-state index in [2.05, 4.69) is 203 Å². The number of furan rings is 2. The van der Waals surface area contributed by atoms with Crippen LogP contribution in [-0.4, -0.2) is 0 Å². The highest BCUT2D eigenvalue weighted by Gasteiger charge is 2.23. The summed E-state index contributed by atoms with van der Waals surface area (Å²) in [5.41, 5.74) is 8.83. The van der Waals surface area contributed by atoms with Crippen molar-refractivity contribution in [1.29, 1.82) is 0 Å². The van der Waals surface area contributed by atoms with Gasteiger partial charge in [-0.1, -0.05) is 133 Å². The third-order valence-corrected chi connectivity index (χ3v) is 12.8. The Morgan fingerprint density at radius 3 is 1.11 bits per heavy atom. The summed E-state index contributed by atoms with van der Waals surface area (Å²) in [5, 5.41) is 12.2. The highest BCUT2D eigenvalue weighted by molar-refractivity contribution is 6.34. The molecule has 5 heteroatoms. The van der Waals surface area contributed by atoms with E-state index >= 15 is 0 Å². The summed E-state index contributed by atoms with van der Waals surface area (Å²) in [6.07, 6.45) is 0. The maximum atomic E-state index is 6.50. The molecular formula is C60H39N3O2. The van der Waals surface area contributed by atoms with Crippen molar-refractivity contribution in [2.75, 3.05) is 14.7 Å². The van der Waals surface area contributed by atoms with E-state index < -0.39 is 0 Å². The average molecular weight is 834 g/mol. The van der Waals surface area contributed by atoms with Crippen LogP contribution in [0.3, 0.4) is 0 Å². The standard InChI is InChI=1S/C60H39N3O2/c1-3-18-43(19-4-1)62(57-38-41-14-7-9-26-55(41)64-57)47-32-28-45(29-33-47)61(54-37-36-52-50-23-12-17-40-16-11-22-49(59(40)50)51-24-13-25-53(54)60(51)52)46-30-34-48(35-31-46)63(44-20-5-2-6-21-44)58-39-42-15-8-10-27-56(42)65-58/h1-39H. The zero-order valence-corrected chi connectivity index (χ0v) is 35.2. The predicted octanol–water partition coefficient (Wildman–Crippen LogP) is 17.6. The maximum absolute atomic E-state index is 6.50. The van der Waals surface area contributed by atoms with Crippen LogP contribution in [0, 0.1) is 0 Å². The molecular weight excluding hydrogens is 795 g/mol. The van der Waals surface area contributed by atoms with E-state index in [0.29, 0.717) is 0 Å². The van der Waals surface area contributed by atoms with Crippen LogP contribution >= 0.6 is 0 Å². The molecule has 0 bridgehead atoms. The molecule has 5 nitrogen and oxygen atoms in total. The lowest BCUT2D eigenvalue weighted by molar-refractivity contribution is 0.620. The lowest BCUT2D eigenvalue weighted by Crippen LogP contribution is -2.13. The van der Waals surface area contributed by atoms with Gasteiger partial charge < -0.3 is 13.7 Å². The molecule has 0 saturated carbocycles. The van der Waals surface area contributed by atoms with Gasteiger partial charge >= 0.3 is 0 Å². The Hall–Kier alpha value is -8.80. The summed E-state index contributed by atoms with van der Waals surface area (Å²) in [7, 11) is 0. The molecule has 13 rings (SSSR count). The van der Waals surface area contributed by atoms with Crippen LogP contribution in [0.1, 0.15) is 0 Å². The molecule has 0 aliphatic rings. The Morgan fingerprint density at radius 2 is 0.615 bits per heavy atom. The van der Waals surface area contributed by atoms with E-state index in [1.807, 2.05) is 48.5 Å². The second-order valence-corrected chi connectivity index (χ2v) is 16.5. The first-order valence-electron chi connectivity index (χ1n) is 22.0. The molecule has 0 amide bonds. The summed E-state index contributed by atoms with van der Waals surface area (Å²) in [6.45, 7) is 0. The summed E-state index contributed by atoms with van der Waals surface area (Å²) in [6, 6.07) is 83.7. The van der Waals surface area contributed by atoms with Crippen LogP contribution in [0.25, 0.3) is 65.0 Å². The van der Waals surface area contributed by atoms with Gasteiger partial charge in [0, 0.05) is 62.4 Å². The smallest absolute Gasteiger partial charge is 0.205 e. The van der Waals surface area contributed by atoms with Crippen molar-refractivity contribution in [2.24, 2.45) is 0 Å². The molecule has 13 aromatic rings. The van der Waals surface area contributed by atoms with Gasteiger partial charge in [0.25, 0.3) is 0 Å². The molecule has 0 aliphatic carbocycles. The van der Waals surface area contributed by atoms with E-state index in [4.69, 9.17) is 8.83 Å². The van der Waals surface area contributed by atoms with Crippen LogP contribution in [-0.2, 0) is 0 Å². The SMILES string of the molecule is c1ccc(N(c2ccc(N(c3ccc(N(c4ccccc4)c4cc5ccccc5o4)cc3)c3ccc4c5cccc6cccc(c7cccc3c74)c65)cc2)c2cc3ccccc3o2)cc1. The van der Waals surface area contributed by atoms with E-state index in [9.17, 15) is 0 Å². The van der Waals surface area contributed by atoms with Crippen LogP contribution in [0.4, 0.5) is 51.6 Å².